The largest absolute Gasteiger partial charge is 0.397 e. The van der Waals surface area contributed by atoms with Crippen molar-refractivity contribution in [2.24, 2.45) is 0 Å². The van der Waals surface area contributed by atoms with Gasteiger partial charge in [-0.1, -0.05) is 6.92 Å². The van der Waals surface area contributed by atoms with Crippen molar-refractivity contribution >= 4 is 21.4 Å². The van der Waals surface area contributed by atoms with E-state index in [4.69, 9.17) is 5.73 Å². The lowest BCUT2D eigenvalue weighted by atomic mass is 10.2. The van der Waals surface area contributed by atoms with E-state index in [0.29, 0.717) is 11.4 Å². The van der Waals surface area contributed by atoms with Gasteiger partial charge in [0.1, 0.15) is 0 Å². The van der Waals surface area contributed by atoms with E-state index in [-0.39, 0.29) is 30.4 Å². The first kappa shape index (κ1) is 14.4. The Kier molecular flexibility index (Phi) is 5.08. The number of pyridine rings is 1. The molecule has 0 bridgehead atoms. The molecular formula is C11H17N3O3S. The molecule has 0 saturated carbocycles. The summed E-state index contributed by atoms with van der Waals surface area (Å²) in [4.78, 5) is 15.5. The summed E-state index contributed by atoms with van der Waals surface area (Å²) in [6.45, 7) is 1.71. The molecule has 0 atom stereocenters. The van der Waals surface area contributed by atoms with Gasteiger partial charge >= 0.3 is 0 Å². The summed E-state index contributed by atoms with van der Waals surface area (Å²) in [6.07, 6.45) is 1.59. The van der Waals surface area contributed by atoms with Crippen LogP contribution >= 0.6 is 0 Å². The molecule has 0 unspecified atom stereocenters. The molecule has 0 aliphatic rings. The molecule has 0 aliphatic carbocycles. The van der Waals surface area contributed by atoms with E-state index in [1.807, 2.05) is 0 Å². The molecule has 6 nitrogen and oxygen atoms in total. The Morgan fingerprint density at radius 2 is 2.17 bits per heavy atom. The quantitative estimate of drug-likeness (QED) is 0.743. The predicted octanol–water partition coefficient (Wildman–Crippen LogP) is -0.243. The number of hydrogen-bond acceptors (Lipinski definition) is 5. The lowest BCUT2D eigenvalue weighted by Crippen LogP contribution is -2.30. The molecule has 3 N–H and O–H groups in total. The normalized spacial score (nSPS) is 11.2. The third kappa shape index (κ3) is 5.13. The fourth-order valence-electron chi connectivity index (χ4n) is 1.26. The van der Waals surface area contributed by atoms with Gasteiger partial charge in [0.25, 0.3) is 0 Å². The van der Waals surface area contributed by atoms with Gasteiger partial charge < -0.3 is 11.1 Å². The van der Waals surface area contributed by atoms with Crippen LogP contribution in [0.15, 0.2) is 18.3 Å². The topological polar surface area (TPSA) is 102 Å². The number of nitrogens with zero attached hydrogens (tertiary/aromatic N) is 1. The van der Waals surface area contributed by atoms with Gasteiger partial charge in [-0.2, -0.15) is 0 Å². The van der Waals surface area contributed by atoms with Crippen molar-refractivity contribution < 1.29 is 13.2 Å². The Labute approximate surface area is 107 Å². The fourth-order valence-corrected chi connectivity index (χ4v) is 1.96. The number of carbonyl (C=O) groups excluding carboxylic acids is 1. The van der Waals surface area contributed by atoms with Gasteiger partial charge in [0.2, 0.25) is 5.91 Å². The maximum atomic E-state index is 11.5. The van der Waals surface area contributed by atoms with Crippen LogP contribution in [0.3, 0.4) is 0 Å². The maximum absolute atomic E-state index is 11.5. The van der Waals surface area contributed by atoms with E-state index in [1.54, 1.807) is 19.1 Å². The number of anilines is 1. The number of aromatic nitrogens is 1. The lowest BCUT2D eigenvalue weighted by Gasteiger charge is -2.05. The summed E-state index contributed by atoms with van der Waals surface area (Å²) in [5, 5.41) is 2.55. The standard InChI is InChI=1S/C11H17N3O3S/c1-2-18(16,17)6-5-13-11(15)7-10-4-3-9(12)8-14-10/h3-4,8H,2,5-7,12H2,1H3,(H,13,15). The number of nitrogens with one attached hydrogen (secondary N) is 1. The van der Waals surface area contributed by atoms with Crippen molar-refractivity contribution in [2.75, 3.05) is 23.8 Å². The fraction of sp³-hybridized carbons (Fsp3) is 0.455. The molecule has 0 aliphatic heterocycles. The van der Waals surface area contributed by atoms with E-state index in [9.17, 15) is 13.2 Å². The highest BCUT2D eigenvalue weighted by Crippen LogP contribution is 2.01. The summed E-state index contributed by atoms with van der Waals surface area (Å²) in [7, 11) is -3.04. The smallest absolute Gasteiger partial charge is 0.226 e. The van der Waals surface area contributed by atoms with Crippen LogP contribution in [0.4, 0.5) is 5.69 Å². The number of sulfone groups is 1. The molecular weight excluding hydrogens is 254 g/mol. The van der Waals surface area contributed by atoms with Crippen LogP contribution in [0.1, 0.15) is 12.6 Å². The Bertz CT molecular complexity index is 497. The van der Waals surface area contributed by atoms with Crippen molar-refractivity contribution in [1.82, 2.24) is 10.3 Å². The van der Waals surface area contributed by atoms with Crippen molar-refractivity contribution in [3.8, 4) is 0 Å². The second kappa shape index (κ2) is 6.34. The minimum atomic E-state index is -3.04. The Morgan fingerprint density at radius 3 is 2.72 bits per heavy atom. The average molecular weight is 271 g/mol. The number of carbonyl (C=O) groups is 1. The first-order chi connectivity index (χ1) is 8.43. The van der Waals surface area contributed by atoms with Crippen molar-refractivity contribution in [2.45, 2.75) is 13.3 Å². The number of hydrogen-bond donors (Lipinski definition) is 2. The van der Waals surface area contributed by atoms with E-state index >= 15 is 0 Å². The molecule has 1 amide bonds. The molecule has 1 heterocycles. The Morgan fingerprint density at radius 1 is 1.44 bits per heavy atom. The van der Waals surface area contributed by atoms with Gasteiger partial charge in [-0.05, 0) is 12.1 Å². The van der Waals surface area contributed by atoms with Crippen LogP contribution in [0, 0.1) is 0 Å². The van der Waals surface area contributed by atoms with Gasteiger partial charge in [0.05, 0.1) is 24.1 Å². The summed E-state index contributed by atoms with van der Waals surface area (Å²) in [5.74, 6) is -0.203. The van der Waals surface area contributed by atoms with Gasteiger partial charge in [0, 0.05) is 18.0 Å². The predicted molar refractivity (Wildman–Crippen MR) is 69.7 cm³/mol. The van der Waals surface area contributed by atoms with Crippen LogP contribution in [0.5, 0.6) is 0 Å². The van der Waals surface area contributed by atoms with E-state index < -0.39 is 9.84 Å². The molecule has 1 rings (SSSR count). The SMILES string of the molecule is CCS(=O)(=O)CCNC(=O)Cc1ccc(N)cn1. The highest BCUT2D eigenvalue weighted by atomic mass is 32.2. The molecule has 0 radical (unpaired) electrons. The molecule has 0 fully saturated rings. The highest BCUT2D eigenvalue weighted by molar-refractivity contribution is 7.91. The molecule has 18 heavy (non-hydrogen) atoms. The summed E-state index contributed by atoms with van der Waals surface area (Å²) < 4.78 is 22.4. The number of rotatable bonds is 6. The molecule has 1 aromatic rings. The molecule has 100 valence electrons. The zero-order chi connectivity index (χ0) is 13.6. The average Bonchev–Trinajstić information content (AvgIpc) is 2.32. The second-order valence-corrected chi connectivity index (χ2v) is 6.32. The van der Waals surface area contributed by atoms with Crippen LogP contribution < -0.4 is 11.1 Å². The molecule has 7 heteroatoms. The molecule has 0 aromatic carbocycles. The van der Waals surface area contributed by atoms with E-state index in [1.165, 1.54) is 6.20 Å². The second-order valence-electron chi connectivity index (χ2n) is 3.85. The minimum absolute atomic E-state index is 0.0373. The van der Waals surface area contributed by atoms with Crippen LogP contribution in [-0.2, 0) is 21.1 Å². The van der Waals surface area contributed by atoms with Crippen LogP contribution in [-0.4, -0.2) is 37.4 Å². The van der Waals surface area contributed by atoms with Crippen molar-refractivity contribution in [3.05, 3.63) is 24.0 Å². The van der Waals surface area contributed by atoms with Crippen LogP contribution in [0.25, 0.3) is 0 Å². The number of nitrogens with two attached hydrogens (primary N) is 1. The maximum Gasteiger partial charge on any atom is 0.226 e. The third-order valence-corrected chi connectivity index (χ3v) is 4.07. The van der Waals surface area contributed by atoms with Crippen LogP contribution in [0.2, 0.25) is 0 Å². The number of amides is 1. The third-order valence-electron chi connectivity index (χ3n) is 2.36. The van der Waals surface area contributed by atoms with E-state index in [2.05, 4.69) is 10.3 Å². The summed E-state index contributed by atoms with van der Waals surface area (Å²) >= 11 is 0. The lowest BCUT2D eigenvalue weighted by molar-refractivity contribution is -0.120. The van der Waals surface area contributed by atoms with Gasteiger partial charge in [-0.25, -0.2) is 8.42 Å². The molecule has 0 spiro atoms. The van der Waals surface area contributed by atoms with Crippen molar-refractivity contribution in [1.29, 1.82) is 0 Å². The van der Waals surface area contributed by atoms with Gasteiger partial charge in [0.15, 0.2) is 9.84 Å². The summed E-state index contributed by atoms with van der Waals surface area (Å²) in [6, 6.07) is 3.33. The molecule has 0 saturated heterocycles. The zero-order valence-corrected chi connectivity index (χ0v) is 11.0. The zero-order valence-electron chi connectivity index (χ0n) is 10.2. The van der Waals surface area contributed by atoms with Crippen molar-refractivity contribution in [3.63, 3.8) is 0 Å². The minimum Gasteiger partial charge on any atom is -0.397 e. The first-order valence-electron chi connectivity index (χ1n) is 5.60. The Hall–Kier alpha value is -1.63. The van der Waals surface area contributed by atoms with Gasteiger partial charge in [-0.15, -0.1) is 0 Å². The molecule has 1 aromatic heterocycles. The first-order valence-corrected chi connectivity index (χ1v) is 7.42. The monoisotopic (exact) mass is 271 g/mol. The Balaban J connectivity index is 2.36. The van der Waals surface area contributed by atoms with E-state index in [0.717, 1.165) is 0 Å². The highest BCUT2D eigenvalue weighted by Gasteiger charge is 2.09. The number of nitrogen functional groups attached to an aromatic ring is 1. The van der Waals surface area contributed by atoms with Gasteiger partial charge in [-0.3, -0.25) is 9.78 Å². The summed E-state index contributed by atoms with van der Waals surface area (Å²) in [5.41, 5.74) is 6.60.